The molecule has 6 heteroatoms. The molecule has 1 unspecified atom stereocenters. The fraction of sp³-hybridized carbons (Fsp3) is 0.333. The molecule has 0 saturated carbocycles. The molecule has 0 saturated heterocycles. The number of nitrogens with zero attached hydrogens (tertiary/aromatic N) is 2. The van der Waals surface area contributed by atoms with Crippen LogP contribution < -0.4 is 5.73 Å². The van der Waals surface area contributed by atoms with E-state index in [1.54, 1.807) is 19.3 Å². The van der Waals surface area contributed by atoms with Crippen molar-refractivity contribution in [2.45, 2.75) is 13.0 Å². The largest absolute Gasteiger partial charge is 0.469 e. The summed E-state index contributed by atoms with van der Waals surface area (Å²) >= 11 is 0. The van der Waals surface area contributed by atoms with Gasteiger partial charge in [0.2, 0.25) is 11.7 Å². The molecule has 2 aromatic heterocycles. The van der Waals surface area contributed by atoms with E-state index >= 15 is 0 Å². The van der Waals surface area contributed by atoms with Gasteiger partial charge in [0.25, 0.3) is 0 Å². The lowest BCUT2D eigenvalue weighted by Gasteiger charge is -1.98. The van der Waals surface area contributed by atoms with Crippen LogP contribution in [-0.4, -0.2) is 21.9 Å². The molecule has 0 aliphatic heterocycles. The van der Waals surface area contributed by atoms with Crippen molar-refractivity contribution < 1.29 is 14.0 Å². The molecule has 3 N–H and O–H groups in total. The van der Waals surface area contributed by atoms with Crippen LogP contribution in [0.2, 0.25) is 0 Å². The van der Waals surface area contributed by atoms with Crippen molar-refractivity contribution in [2.75, 3.05) is 6.61 Å². The van der Waals surface area contributed by atoms with E-state index in [0.29, 0.717) is 11.6 Å². The van der Waals surface area contributed by atoms with Crippen LogP contribution in [0, 0.1) is 6.92 Å². The van der Waals surface area contributed by atoms with Gasteiger partial charge in [0.15, 0.2) is 0 Å². The van der Waals surface area contributed by atoms with Crippen molar-refractivity contribution in [3.05, 3.63) is 24.0 Å². The van der Waals surface area contributed by atoms with E-state index in [1.807, 2.05) is 0 Å². The Hall–Kier alpha value is -1.66. The maximum Gasteiger partial charge on any atom is 0.246 e. The number of aliphatic hydroxyl groups is 1. The SMILES string of the molecule is Cc1occc1-c1noc(C(N)CO)n1. The van der Waals surface area contributed by atoms with Crippen molar-refractivity contribution in [1.29, 1.82) is 0 Å². The highest BCUT2D eigenvalue weighted by atomic mass is 16.5. The number of aryl methyl sites for hydroxylation is 1. The molecule has 80 valence electrons. The van der Waals surface area contributed by atoms with Crippen LogP contribution in [0.4, 0.5) is 0 Å². The standard InChI is InChI=1S/C9H11N3O3/c1-5-6(2-3-14-5)8-11-9(15-12-8)7(10)4-13/h2-3,7,13H,4,10H2,1H3. The van der Waals surface area contributed by atoms with Gasteiger partial charge in [-0.15, -0.1) is 0 Å². The first-order valence-electron chi connectivity index (χ1n) is 4.47. The monoisotopic (exact) mass is 209 g/mol. The molecule has 0 fully saturated rings. The van der Waals surface area contributed by atoms with Crippen LogP contribution in [0.15, 0.2) is 21.3 Å². The third-order valence-corrected chi connectivity index (χ3v) is 2.06. The molecule has 0 bridgehead atoms. The van der Waals surface area contributed by atoms with Crippen molar-refractivity contribution in [1.82, 2.24) is 10.1 Å². The van der Waals surface area contributed by atoms with Crippen molar-refractivity contribution in [3.8, 4) is 11.4 Å². The quantitative estimate of drug-likeness (QED) is 0.769. The topological polar surface area (TPSA) is 98.3 Å². The number of furan rings is 1. The van der Waals surface area contributed by atoms with E-state index in [-0.39, 0.29) is 12.5 Å². The molecule has 2 rings (SSSR count). The van der Waals surface area contributed by atoms with Gasteiger partial charge in [-0.2, -0.15) is 4.98 Å². The minimum absolute atomic E-state index is 0.216. The van der Waals surface area contributed by atoms with E-state index in [1.165, 1.54) is 0 Å². The highest BCUT2D eigenvalue weighted by Gasteiger charge is 2.16. The van der Waals surface area contributed by atoms with Gasteiger partial charge in [0, 0.05) is 0 Å². The van der Waals surface area contributed by atoms with Crippen LogP contribution >= 0.6 is 0 Å². The van der Waals surface area contributed by atoms with Crippen molar-refractivity contribution in [2.24, 2.45) is 5.73 Å². The predicted octanol–water partition coefficient (Wildman–Crippen LogP) is 0.630. The van der Waals surface area contributed by atoms with Gasteiger partial charge < -0.3 is 19.8 Å². The highest BCUT2D eigenvalue weighted by Crippen LogP contribution is 2.22. The highest BCUT2D eigenvalue weighted by molar-refractivity contribution is 5.56. The fourth-order valence-electron chi connectivity index (χ4n) is 1.19. The molecule has 0 amide bonds. The maximum atomic E-state index is 8.81. The minimum atomic E-state index is -0.640. The molecule has 0 radical (unpaired) electrons. The Morgan fingerprint density at radius 2 is 2.40 bits per heavy atom. The number of rotatable bonds is 3. The van der Waals surface area contributed by atoms with Gasteiger partial charge in [-0.3, -0.25) is 0 Å². The summed E-state index contributed by atoms with van der Waals surface area (Å²) < 4.78 is 10.0. The van der Waals surface area contributed by atoms with Gasteiger partial charge >= 0.3 is 0 Å². The lowest BCUT2D eigenvalue weighted by atomic mass is 10.2. The molecule has 2 heterocycles. The molecular formula is C9H11N3O3. The zero-order valence-electron chi connectivity index (χ0n) is 8.17. The van der Waals surface area contributed by atoms with E-state index < -0.39 is 6.04 Å². The number of nitrogens with two attached hydrogens (primary N) is 1. The molecule has 0 spiro atoms. The molecular weight excluding hydrogens is 198 g/mol. The van der Waals surface area contributed by atoms with Crippen LogP contribution in [-0.2, 0) is 0 Å². The Balaban J connectivity index is 2.32. The lowest BCUT2D eigenvalue weighted by molar-refractivity contribution is 0.237. The zero-order valence-corrected chi connectivity index (χ0v) is 8.17. The zero-order chi connectivity index (χ0) is 10.8. The van der Waals surface area contributed by atoms with Crippen molar-refractivity contribution >= 4 is 0 Å². The van der Waals surface area contributed by atoms with Gasteiger partial charge in [-0.1, -0.05) is 5.16 Å². The van der Waals surface area contributed by atoms with E-state index in [9.17, 15) is 0 Å². The van der Waals surface area contributed by atoms with Gasteiger partial charge in [-0.05, 0) is 13.0 Å². The minimum Gasteiger partial charge on any atom is -0.469 e. The van der Waals surface area contributed by atoms with Gasteiger partial charge in [0.1, 0.15) is 11.8 Å². The summed E-state index contributed by atoms with van der Waals surface area (Å²) in [5.74, 6) is 1.34. The van der Waals surface area contributed by atoms with Gasteiger partial charge in [0.05, 0.1) is 18.4 Å². The second-order valence-corrected chi connectivity index (χ2v) is 3.14. The summed E-state index contributed by atoms with van der Waals surface area (Å²) in [5.41, 5.74) is 6.29. The van der Waals surface area contributed by atoms with Gasteiger partial charge in [-0.25, -0.2) is 0 Å². The van der Waals surface area contributed by atoms with Crippen molar-refractivity contribution in [3.63, 3.8) is 0 Å². The number of hydrogen-bond acceptors (Lipinski definition) is 6. The smallest absolute Gasteiger partial charge is 0.246 e. The average Bonchev–Trinajstić information content (AvgIpc) is 2.84. The number of aliphatic hydroxyl groups excluding tert-OH is 1. The Morgan fingerprint density at radius 3 is 3.00 bits per heavy atom. The molecule has 1 atom stereocenters. The second-order valence-electron chi connectivity index (χ2n) is 3.14. The summed E-state index contributed by atoms with van der Waals surface area (Å²) in [7, 11) is 0. The summed E-state index contributed by atoms with van der Waals surface area (Å²) in [6, 6.07) is 1.10. The van der Waals surface area contributed by atoms with Crippen LogP contribution in [0.5, 0.6) is 0 Å². The third-order valence-electron chi connectivity index (χ3n) is 2.06. The molecule has 0 aromatic carbocycles. The average molecular weight is 209 g/mol. The van der Waals surface area contributed by atoms with E-state index in [2.05, 4.69) is 10.1 Å². The number of aromatic nitrogens is 2. The Bertz CT molecular complexity index is 449. The molecule has 15 heavy (non-hydrogen) atoms. The third kappa shape index (κ3) is 1.77. The van der Waals surface area contributed by atoms with Crippen LogP contribution in [0.25, 0.3) is 11.4 Å². The fourth-order valence-corrected chi connectivity index (χ4v) is 1.19. The molecule has 6 nitrogen and oxygen atoms in total. The second kappa shape index (κ2) is 3.84. The normalized spacial score (nSPS) is 13.0. The van der Waals surface area contributed by atoms with Crippen LogP contribution in [0.3, 0.4) is 0 Å². The lowest BCUT2D eigenvalue weighted by Crippen LogP contribution is -2.14. The Morgan fingerprint density at radius 1 is 1.60 bits per heavy atom. The summed E-state index contributed by atoms with van der Waals surface area (Å²) in [4.78, 5) is 4.06. The first-order valence-corrected chi connectivity index (χ1v) is 4.47. The summed E-state index contributed by atoms with van der Waals surface area (Å²) in [6.45, 7) is 1.57. The molecule has 0 aliphatic rings. The Kier molecular flexibility index (Phi) is 2.53. The maximum absolute atomic E-state index is 8.81. The van der Waals surface area contributed by atoms with E-state index in [4.69, 9.17) is 19.8 Å². The molecule has 2 aromatic rings. The van der Waals surface area contributed by atoms with Crippen LogP contribution in [0.1, 0.15) is 17.7 Å². The number of hydrogen-bond donors (Lipinski definition) is 2. The summed E-state index contributed by atoms with van der Waals surface area (Å²) in [6.07, 6.45) is 1.55. The first-order chi connectivity index (χ1) is 7.22. The first kappa shape index (κ1) is 9.88. The predicted molar refractivity (Wildman–Crippen MR) is 50.8 cm³/mol. The van der Waals surface area contributed by atoms with E-state index in [0.717, 1.165) is 5.56 Å². The summed E-state index contributed by atoms with van der Waals surface area (Å²) in [5, 5.41) is 12.6. The Labute approximate surface area is 85.7 Å². The molecule has 0 aliphatic carbocycles.